The molecule has 6 fully saturated rings. The van der Waals surface area contributed by atoms with Crippen molar-refractivity contribution in [2.75, 3.05) is 7.11 Å². The number of rotatable bonds is 5. The van der Waals surface area contributed by atoms with Gasteiger partial charge in [0.2, 0.25) is 0 Å². The number of carbonyl (C=O) groups is 1. The van der Waals surface area contributed by atoms with Crippen LogP contribution < -0.4 is 0 Å². The first kappa shape index (κ1) is 21.2. The molecule has 0 aromatic heterocycles. The van der Waals surface area contributed by atoms with Crippen LogP contribution in [-0.4, -0.2) is 19.0 Å². The molecule has 12 unspecified atom stereocenters. The number of fused-ring (bicyclic) bond motifs is 4. The molecule has 12 atom stereocenters. The van der Waals surface area contributed by atoms with Crippen LogP contribution in [0.3, 0.4) is 0 Å². The number of ether oxygens (including phenoxy) is 1. The van der Waals surface area contributed by atoms with E-state index in [-0.39, 0.29) is 5.92 Å². The highest BCUT2D eigenvalue weighted by atomic mass is 16.5. The lowest BCUT2D eigenvalue weighted by Crippen LogP contribution is -2.57. The lowest BCUT2D eigenvalue weighted by atomic mass is 9.45. The van der Waals surface area contributed by atoms with E-state index < -0.39 is 0 Å². The van der Waals surface area contributed by atoms with Crippen molar-refractivity contribution < 1.29 is 9.53 Å². The highest BCUT2D eigenvalue weighted by Gasteiger charge is 2.77. The molecule has 0 amide bonds. The lowest BCUT2D eigenvalue weighted by molar-refractivity contribution is -0.161. The summed E-state index contributed by atoms with van der Waals surface area (Å²) in [4.78, 5) is 12.6. The number of carbonyl (C=O) groups excluding carboxylic acids is 1. The topological polar surface area (TPSA) is 26.3 Å². The van der Waals surface area contributed by atoms with Gasteiger partial charge in [0, 0.05) is 24.4 Å². The quantitative estimate of drug-likeness (QED) is 0.485. The molecular formula is C29H46O2. The monoisotopic (exact) mass is 426 g/mol. The Bertz CT molecular complexity index is 773. The van der Waals surface area contributed by atoms with Gasteiger partial charge in [0.25, 0.3) is 0 Å². The van der Waals surface area contributed by atoms with Crippen molar-refractivity contribution in [2.24, 2.45) is 69.5 Å². The minimum Gasteiger partial charge on any atom is -0.381 e. The molecule has 2 nitrogen and oxygen atoms in total. The smallest absolute Gasteiger partial charge is 0.138 e. The zero-order valence-corrected chi connectivity index (χ0v) is 21.0. The first-order chi connectivity index (χ1) is 14.7. The van der Waals surface area contributed by atoms with Crippen molar-refractivity contribution in [2.45, 2.75) is 98.5 Å². The number of hydrogen-bond acceptors (Lipinski definition) is 2. The summed E-state index contributed by atoms with van der Waals surface area (Å²) in [5.41, 5.74) is 1.58. The molecule has 0 heterocycles. The number of methoxy groups -OCH3 is 1. The van der Waals surface area contributed by atoms with E-state index in [1.54, 1.807) is 0 Å². The first-order valence-corrected chi connectivity index (χ1v) is 13.8. The van der Waals surface area contributed by atoms with E-state index >= 15 is 0 Å². The molecule has 0 radical (unpaired) electrons. The third kappa shape index (κ3) is 2.53. The van der Waals surface area contributed by atoms with Gasteiger partial charge >= 0.3 is 0 Å². The molecule has 0 saturated heterocycles. The molecule has 0 aromatic rings. The maximum Gasteiger partial charge on any atom is 0.138 e. The van der Waals surface area contributed by atoms with Gasteiger partial charge in [-0.3, -0.25) is 4.79 Å². The van der Waals surface area contributed by atoms with Crippen molar-refractivity contribution in [3.8, 4) is 0 Å². The van der Waals surface area contributed by atoms with E-state index in [2.05, 4.69) is 34.6 Å². The van der Waals surface area contributed by atoms with Crippen molar-refractivity contribution in [3.05, 3.63) is 0 Å². The Morgan fingerprint density at radius 2 is 1.74 bits per heavy atom. The van der Waals surface area contributed by atoms with Gasteiger partial charge in [0.1, 0.15) is 5.78 Å². The minimum absolute atomic E-state index is 0.212. The largest absolute Gasteiger partial charge is 0.381 e. The molecule has 0 N–H and O–H groups in total. The zero-order chi connectivity index (χ0) is 21.9. The summed E-state index contributed by atoms with van der Waals surface area (Å²) < 4.78 is 6.29. The SMILES string of the molecule is COC1CC2C3CCC(C(C)C4CC4C(=O)C(C)C)C3(C)CCC2C2(C)CCC3CC312. The van der Waals surface area contributed by atoms with E-state index in [0.717, 1.165) is 35.5 Å². The Balaban J connectivity index is 1.24. The summed E-state index contributed by atoms with van der Waals surface area (Å²) in [7, 11) is 2.01. The second-order valence-corrected chi connectivity index (χ2v) is 13.9. The molecule has 6 aliphatic rings. The van der Waals surface area contributed by atoms with Gasteiger partial charge < -0.3 is 4.74 Å². The Morgan fingerprint density at radius 1 is 0.968 bits per heavy atom. The van der Waals surface area contributed by atoms with Gasteiger partial charge in [-0.05, 0) is 110 Å². The molecule has 0 aliphatic heterocycles. The van der Waals surface area contributed by atoms with Crippen LogP contribution in [-0.2, 0) is 9.53 Å². The van der Waals surface area contributed by atoms with Gasteiger partial charge in [-0.25, -0.2) is 0 Å². The Hall–Kier alpha value is -0.370. The van der Waals surface area contributed by atoms with Crippen molar-refractivity contribution in [1.82, 2.24) is 0 Å². The van der Waals surface area contributed by atoms with E-state index in [1.807, 2.05) is 7.11 Å². The molecule has 0 aromatic carbocycles. The van der Waals surface area contributed by atoms with Gasteiger partial charge in [-0.1, -0.05) is 34.6 Å². The van der Waals surface area contributed by atoms with Crippen LogP contribution in [0.4, 0.5) is 0 Å². The van der Waals surface area contributed by atoms with Gasteiger partial charge in [-0.15, -0.1) is 0 Å². The van der Waals surface area contributed by atoms with E-state index in [0.29, 0.717) is 40.0 Å². The standard InChI is InChI=1S/C29H46O2/c1-16(2)26(30)20-13-19(20)17(3)22-7-8-23-21-14-25(31-6)29-15-18(29)9-12-28(29,5)24(21)10-11-27(22,23)4/h16-25H,7-15H2,1-6H3. The van der Waals surface area contributed by atoms with Crippen molar-refractivity contribution in [3.63, 3.8) is 0 Å². The predicted molar refractivity (Wildman–Crippen MR) is 124 cm³/mol. The fraction of sp³-hybridized carbons (Fsp3) is 0.966. The van der Waals surface area contributed by atoms with E-state index in [9.17, 15) is 4.79 Å². The molecule has 1 spiro atoms. The van der Waals surface area contributed by atoms with E-state index in [1.165, 1.54) is 57.8 Å². The van der Waals surface area contributed by atoms with Crippen LogP contribution in [0.2, 0.25) is 0 Å². The average molecular weight is 427 g/mol. The van der Waals surface area contributed by atoms with Gasteiger partial charge in [-0.2, -0.15) is 0 Å². The van der Waals surface area contributed by atoms with Crippen LogP contribution in [0.15, 0.2) is 0 Å². The normalized spacial score (nSPS) is 57.6. The molecule has 174 valence electrons. The summed E-state index contributed by atoms with van der Waals surface area (Å²) >= 11 is 0. The Morgan fingerprint density at radius 3 is 2.42 bits per heavy atom. The minimum atomic E-state index is 0.212. The summed E-state index contributed by atoms with van der Waals surface area (Å²) in [5, 5.41) is 0. The highest BCUT2D eigenvalue weighted by molar-refractivity contribution is 5.85. The maximum atomic E-state index is 12.6. The zero-order valence-electron chi connectivity index (χ0n) is 21.0. The van der Waals surface area contributed by atoms with Crippen molar-refractivity contribution >= 4 is 5.78 Å². The molecule has 31 heavy (non-hydrogen) atoms. The predicted octanol–water partition coefficient (Wildman–Crippen LogP) is 6.77. The van der Waals surface area contributed by atoms with Crippen LogP contribution in [0, 0.1) is 69.5 Å². The fourth-order valence-corrected chi connectivity index (χ4v) is 11.3. The number of ketones is 1. The first-order valence-electron chi connectivity index (χ1n) is 13.8. The fourth-order valence-electron chi connectivity index (χ4n) is 11.3. The summed E-state index contributed by atoms with van der Waals surface area (Å²) in [6.45, 7) is 12.1. The molecule has 6 aliphatic carbocycles. The highest BCUT2D eigenvalue weighted by Crippen LogP contribution is 2.82. The van der Waals surface area contributed by atoms with Gasteiger partial charge in [0.05, 0.1) is 6.10 Å². The molecule has 6 saturated carbocycles. The third-order valence-electron chi connectivity index (χ3n) is 13.0. The molecule has 0 bridgehead atoms. The van der Waals surface area contributed by atoms with Crippen LogP contribution in [0.25, 0.3) is 0 Å². The summed E-state index contributed by atoms with van der Waals surface area (Å²) in [5.74, 6) is 7.03. The molecule has 2 heteroatoms. The Kier molecular flexibility index (Phi) is 4.51. The van der Waals surface area contributed by atoms with Crippen LogP contribution in [0.5, 0.6) is 0 Å². The van der Waals surface area contributed by atoms with Crippen LogP contribution >= 0.6 is 0 Å². The summed E-state index contributed by atoms with van der Waals surface area (Å²) in [6, 6.07) is 0. The average Bonchev–Trinajstić information content (AvgIpc) is 3.62. The second kappa shape index (κ2) is 6.61. The third-order valence-corrected chi connectivity index (χ3v) is 13.0. The summed E-state index contributed by atoms with van der Waals surface area (Å²) in [6.07, 6.45) is 13.2. The Labute approximate surface area is 190 Å². The second-order valence-electron chi connectivity index (χ2n) is 13.9. The van der Waals surface area contributed by atoms with Gasteiger partial charge in [0.15, 0.2) is 0 Å². The molecule has 6 rings (SSSR count). The maximum absolute atomic E-state index is 12.6. The molecular weight excluding hydrogens is 380 g/mol. The number of hydrogen-bond donors (Lipinski definition) is 0. The van der Waals surface area contributed by atoms with Crippen LogP contribution in [0.1, 0.15) is 92.4 Å². The number of Topliss-reactive ketones (excluding diaryl/α,β-unsaturated/α-hetero) is 1. The van der Waals surface area contributed by atoms with E-state index in [4.69, 9.17) is 4.74 Å². The van der Waals surface area contributed by atoms with Crippen molar-refractivity contribution in [1.29, 1.82) is 0 Å². The lowest BCUT2D eigenvalue weighted by Gasteiger charge is -2.61.